The molecule has 3 aromatic carbocycles. The third-order valence-electron chi connectivity index (χ3n) is 3.04. The highest BCUT2D eigenvalue weighted by Gasteiger charge is 2.06. The van der Waals surface area contributed by atoms with Crippen LogP contribution in [0.3, 0.4) is 0 Å². The smallest absolute Gasteiger partial charge is 0.123 e. The molecule has 0 bridgehead atoms. The lowest BCUT2D eigenvalue weighted by molar-refractivity contribution is 0.630. The third-order valence-corrected chi connectivity index (χ3v) is 3.61. The third kappa shape index (κ3) is 2.44. The summed E-state index contributed by atoms with van der Waals surface area (Å²) in [5.74, 6) is -0.235. The van der Waals surface area contributed by atoms with Gasteiger partial charge in [-0.15, -0.1) is 0 Å². The van der Waals surface area contributed by atoms with Crippen molar-refractivity contribution in [1.82, 2.24) is 0 Å². The van der Waals surface area contributed by atoms with Crippen molar-refractivity contribution in [1.29, 1.82) is 0 Å². The van der Waals surface area contributed by atoms with Gasteiger partial charge in [-0.3, -0.25) is 0 Å². The Balaban J connectivity index is 2.20. The van der Waals surface area contributed by atoms with Gasteiger partial charge in [0.05, 0.1) is 0 Å². The molecule has 0 saturated heterocycles. The van der Waals surface area contributed by atoms with E-state index >= 15 is 0 Å². The van der Waals surface area contributed by atoms with E-state index < -0.39 is 0 Å². The van der Waals surface area contributed by atoms with Crippen molar-refractivity contribution < 1.29 is 4.39 Å². The standard InChI is InChI=1S/C16H9Cl2F/c17-13-4-6-16(18)15(9-13)12-2-1-11-8-14(19)5-3-10(11)7-12/h1-9H. The van der Waals surface area contributed by atoms with Gasteiger partial charge >= 0.3 is 0 Å². The van der Waals surface area contributed by atoms with E-state index in [4.69, 9.17) is 23.2 Å². The van der Waals surface area contributed by atoms with Gasteiger partial charge in [0.15, 0.2) is 0 Å². The van der Waals surface area contributed by atoms with Gasteiger partial charge in [0.1, 0.15) is 5.82 Å². The summed E-state index contributed by atoms with van der Waals surface area (Å²) in [6.07, 6.45) is 0. The van der Waals surface area contributed by atoms with Gasteiger partial charge in [-0.25, -0.2) is 4.39 Å². The molecule has 0 heterocycles. The molecule has 0 aliphatic carbocycles. The minimum absolute atomic E-state index is 0.235. The Morgan fingerprint density at radius 1 is 0.737 bits per heavy atom. The Labute approximate surface area is 120 Å². The molecule has 0 radical (unpaired) electrons. The molecule has 0 aliphatic rings. The van der Waals surface area contributed by atoms with Gasteiger partial charge < -0.3 is 0 Å². The topological polar surface area (TPSA) is 0 Å². The SMILES string of the molecule is Fc1ccc2cc(-c3cc(Cl)ccc3Cl)ccc2c1. The van der Waals surface area contributed by atoms with Crippen molar-refractivity contribution in [3.05, 3.63) is 70.5 Å². The first kappa shape index (κ1) is 12.5. The van der Waals surface area contributed by atoms with Crippen LogP contribution in [0.25, 0.3) is 21.9 Å². The first-order valence-electron chi connectivity index (χ1n) is 5.78. The van der Waals surface area contributed by atoms with Crippen LogP contribution in [0.15, 0.2) is 54.6 Å². The molecule has 3 rings (SSSR count). The quantitative estimate of drug-likeness (QED) is 0.519. The van der Waals surface area contributed by atoms with Gasteiger partial charge in [-0.2, -0.15) is 0 Å². The normalized spacial score (nSPS) is 10.9. The Bertz CT molecular complexity index is 766. The van der Waals surface area contributed by atoms with Crippen LogP contribution in [-0.4, -0.2) is 0 Å². The minimum Gasteiger partial charge on any atom is -0.207 e. The fraction of sp³-hybridized carbons (Fsp3) is 0. The van der Waals surface area contributed by atoms with Crippen molar-refractivity contribution >= 4 is 34.0 Å². The van der Waals surface area contributed by atoms with E-state index in [-0.39, 0.29) is 5.82 Å². The van der Waals surface area contributed by atoms with E-state index in [1.807, 2.05) is 24.3 Å². The largest absolute Gasteiger partial charge is 0.207 e. The summed E-state index contributed by atoms with van der Waals surface area (Å²) in [5, 5.41) is 3.11. The zero-order valence-corrected chi connectivity index (χ0v) is 11.3. The van der Waals surface area contributed by atoms with Gasteiger partial charge in [-0.1, -0.05) is 41.4 Å². The van der Waals surface area contributed by atoms with Crippen LogP contribution in [0.2, 0.25) is 10.0 Å². The Morgan fingerprint density at radius 2 is 1.47 bits per heavy atom. The number of fused-ring (bicyclic) bond motifs is 1. The van der Waals surface area contributed by atoms with E-state index in [1.54, 1.807) is 18.2 Å². The lowest BCUT2D eigenvalue weighted by atomic mass is 10.0. The molecular weight excluding hydrogens is 282 g/mol. The summed E-state index contributed by atoms with van der Waals surface area (Å²) < 4.78 is 13.1. The Kier molecular flexibility index (Phi) is 3.17. The number of rotatable bonds is 1. The lowest BCUT2D eigenvalue weighted by Crippen LogP contribution is -1.82. The maximum atomic E-state index is 13.1. The fourth-order valence-corrected chi connectivity index (χ4v) is 2.50. The first-order chi connectivity index (χ1) is 9.13. The highest BCUT2D eigenvalue weighted by molar-refractivity contribution is 6.35. The van der Waals surface area contributed by atoms with E-state index in [2.05, 4.69) is 0 Å². The van der Waals surface area contributed by atoms with Crippen molar-refractivity contribution in [2.24, 2.45) is 0 Å². The molecule has 0 aliphatic heterocycles. The summed E-state index contributed by atoms with van der Waals surface area (Å²) in [5.41, 5.74) is 1.84. The van der Waals surface area contributed by atoms with Crippen molar-refractivity contribution in [3.63, 3.8) is 0 Å². The van der Waals surface area contributed by atoms with E-state index in [0.717, 1.165) is 21.9 Å². The van der Waals surface area contributed by atoms with Gasteiger partial charge in [-0.05, 0) is 52.7 Å². The molecule has 19 heavy (non-hydrogen) atoms. The molecule has 0 saturated carbocycles. The zero-order valence-electron chi connectivity index (χ0n) is 9.83. The highest BCUT2D eigenvalue weighted by atomic mass is 35.5. The van der Waals surface area contributed by atoms with E-state index in [1.165, 1.54) is 12.1 Å². The van der Waals surface area contributed by atoms with Crippen LogP contribution in [0.1, 0.15) is 0 Å². The van der Waals surface area contributed by atoms with Crippen LogP contribution < -0.4 is 0 Å². The molecule has 0 fully saturated rings. The molecular formula is C16H9Cl2F. The monoisotopic (exact) mass is 290 g/mol. The average Bonchev–Trinajstić information content (AvgIpc) is 2.41. The summed E-state index contributed by atoms with van der Waals surface area (Å²) in [4.78, 5) is 0. The summed E-state index contributed by atoms with van der Waals surface area (Å²) in [7, 11) is 0. The minimum atomic E-state index is -0.235. The number of halogens is 3. The Hall–Kier alpha value is -1.57. The van der Waals surface area contributed by atoms with Gasteiger partial charge in [0.25, 0.3) is 0 Å². The highest BCUT2D eigenvalue weighted by Crippen LogP contribution is 2.32. The molecule has 0 amide bonds. The maximum Gasteiger partial charge on any atom is 0.123 e. The van der Waals surface area contributed by atoms with Crippen molar-refractivity contribution in [3.8, 4) is 11.1 Å². The van der Waals surface area contributed by atoms with E-state index in [0.29, 0.717) is 10.0 Å². The van der Waals surface area contributed by atoms with E-state index in [9.17, 15) is 4.39 Å². The van der Waals surface area contributed by atoms with Gasteiger partial charge in [0.2, 0.25) is 0 Å². The molecule has 3 aromatic rings. The van der Waals surface area contributed by atoms with Crippen molar-refractivity contribution in [2.45, 2.75) is 0 Å². The molecule has 0 aromatic heterocycles. The second-order valence-corrected chi connectivity index (χ2v) is 5.17. The molecule has 0 unspecified atom stereocenters. The lowest BCUT2D eigenvalue weighted by Gasteiger charge is -2.07. The zero-order chi connectivity index (χ0) is 13.4. The molecule has 94 valence electrons. The average molecular weight is 291 g/mol. The number of hydrogen-bond donors (Lipinski definition) is 0. The number of benzene rings is 3. The molecule has 3 heteroatoms. The second-order valence-electron chi connectivity index (χ2n) is 4.33. The van der Waals surface area contributed by atoms with Crippen LogP contribution in [0, 0.1) is 5.82 Å². The predicted octanol–water partition coefficient (Wildman–Crippen LogP) is 5.95. The van der Waals surface area contributed by atoms with Gasteiger partial charge in [0, 0.05) is 15.6 Å². The van der Waals surface area contributed by atoms with Crippen molar-refractivity contribution in [2.75, 3.05) is 0 Å². The fourth-order valence-electron chi connectivity index (χ4n) is 2.10. The molecule has 0 spiro atoms. The molecule has 0 nitrogen and oxygen atoms in total. The van der Waals surface area contributed by atoms with Crippen LogP contribution >= 0.6 is 23.2 Å². The maximum absolute atomic E-state index is 13.1. The summed E-state index contributed by atoms with van der Waals surface area (Å²) in [6.45, 7) is 0. The predicted molar refractivity (Wildman–Crippen MR) is 79.4 cm³/mol. The van der Waals surface area contributed by atoms with Crippen LogP contribution in [0.4, 0.5) is 4.39 Å². The molecule has 0 N–H and O–H groups in total. The summed E-state index contributed by atoms with van der Waals surface area (Å²) in [6, 6.07) is 15.8. The second kappa shape index (κ2) is 4.84. The summed E-state index contributed by atoms with van der Waals surface area (Å²) >= 11 is 12.2. The first-order valence-corrected chi connectivity index (χ1v) is 6.54. The number of hydrogen-bond acceptors (Lipinski definition) is 0. The molecule has 0 atom stereocenters. The van der Waals surface area contributed by atoms with Crippen LogP contribution in [0.5, 0.6) is 0 Å². The Morgan fingerprint density at radius 3 is 2.32 bits per heavy atom. The van der Waals surface area contributed by atoms with Crippen LogP contribution in [-0.2, 0) is 0 Å².